The number of rotatable bonds is 3. The van der Waals surface area contributed by atoms with Gasteiger partial charge in [0.2, 0.25) is 0 Å². The summed E-state index contributed by atoms with van der Waals surface area (Å²) in [6.07, 6.45) is 2.84. The maximum absolute atomic E-state index is 3.64. The van der Waals surface area contributed by atoms with Crippen LogP contribution in [0.2, 0.25) is 0 Å². The molecular formula is C15H22N2S. The number of nitrogens with one attached hydrogen (secondary N) is 1. The Hall–Kier alpha value is -0.510. The Morgan fingerprint density at radius 1 is 1.28 bits per heavy atom. The third-order valence-corrected chi connectivity index (χ3v) is 5.33. The van der Waals surface area contributed by atoms with Crippen molar-refractivity contribution in [3.63, 3.8) is 0 Å². The van der Waals surface area contributed by atoms with Gasteiger partial charge in [-0.2, -0.15) is 11.8 Å². The third kappa shape index (κ3) is 3.08. The van der Waals surface area contributed by atoms with Crippen LogP contribution in [-0.4, -0.2) is 42.1 Å². The molecule has 2 atom stereocenters. The standard InChI is InChI=1S/C15H22N2S/c1-2-5-13(6-3-1)15-12-17(9-8-16-15)11-14-7-4-10-18-14/h1-3,5-6,14-16H,4,7-12H2. The lowest BCUT2D eigenvalue weighted by Gasteiger charge is -2.35. The quantitative estimate of drug-likeness (QED) is 0.901. The molecule has 2 unspecified atom stereocenters. The van der Waals surface area contributed by atoms with Crippen LogP contribution in [0.15, 0.2) is 30.3 Å². The van der Waals surface area contributed by atoms with E-state index < -0.39 is 0 Å². The van der Waals surface area contributed by atoms with E-state index in [4.69, 9.17) is 0 Å². The third-order valence-electron chi connectivity index (χ3n) is 3.95. The summed E-state index contributed by atoms with van der Waals surface area (Å²) in [5, 5.41) is 4.53. The summed E-state index contributed by atoms with van der Waals surface area (Å²) in [5.41, 5.74) is 1.43. The molecular weight excluding hydrogens is 240 g/mol. The van der Waals surface area contributed by atoms with Crippen LogP contribution < -0.4 is 5.32 Å². The minimum absolute atomic E-state index is 0.520. The average molecular weight is 262 g/mol. The monoisotopic (exact) mass is 262 g/mol. The molecule has 0 spiro atoms. The fraction of sp³-hybridized carbons (Fsp3) is 0.600. The van der Waals surface area contributed by atoms with Crippen LogP contribution in [0, 0.1) is 0 Å². The molecule has 98 valence electrons. The van der Waals surface area contributed by atoms with Gasteiger partial charge in [0.05, 0.1) is 0 Å². The van der Waals surface area contributed by atoms with Gasteiger partial charge in [-0.05, 0) is 24.2 Å². The second kappa shape index (κ2) is 6.09. The van der Waals surface area contributed by atoms with Crippen molar-refractivity contribution in [2.24, 2.45) is 0 Å². The van der Waals surface area contributed by atoms with Gasteiger partial charge in [0.1, 0.15) is 0 Å². The van der Waals surface area contributed by atoms with E-state index in [9.17, 15) is 0 Å². The van der Waals surface area contributed by atoms with Gasteiger partial charge in [0.15, 0.2) is 0 Å². The van der Waals surface area contributed by atoms with Crippen LogP contribution in [0.4, 0.5) is 0 Å². The molecule has 1 N–H and O–H groups in total. The lowest BCUT2D eigenvalue weighted by molar-refractivity contribution is 0.201. The molecule has 0 saturated carbocycles. The molecule has 0 aliphatic carbocycles. The molecule has 2 aliphatic rings. The maximum atomic E-state index is 3.64. The summed E-state index contributed by atoms with van der Waals surface area (Å²) in [7, 11) is 0. The minimum Gasteiger partial charge on any atom is -0.308 e. The second-order valence-corrected chi connectivity index (χ2v) is 6.72. The van der Waals surface area contributed by atoms with Crippen LogP contribution in [0.1, 0.15) is 24.4 Å². The smallest absolute Gasteiger partial charge is 0.0449 e. The molecule has 2 heterocycles. The topological polar surface area (TPSA) is 15.3 Å². The van der Waals surface area contributed by atoms with E-state index in [1.54, 1.807) is 0 Å². The van der Waals surface area contributed by atoms with E-state index in [-0.39, 0.29) is 0 Å². The van der Waals surface area contributed by atoms with Gasteiger partial charge in [-0.15, -0.1) is 0 Å². The van der Waals surface area contributed by atoms with E-state index in [0.717, 1.165) is 11.8 Å². The predicted molar refractivity (Wildman–Crippen MR) is 79.1 cm³/mol. The van der Waals surface area contributed by atoms with E-state index >= 15 is 0 Å². The average Bonchev–Trinajstić information content (AvgIpc) is 2.93. The summed E-state index contributed by atoms with van der Waals surface area (Å²) in [6.45, 7) is 4.79. The van der Waals surface area contributed by atoms with Crippen molar-refractivity contribution in [1.29, 1.82) is 0 Å². The van der Waals surface area contributed by atoms with Gasteiger partial charge in [-0.3, -0.25) is 4.90 Å². The van der Waals surface area contributed by atoms with Gasteiger partial charge < -0.3 is 5.32 Å². The fourth-order valence-corrected chi connectivity index (χ4v) is 4.28. The molecule has 2 aliphatic heterocycles. The van der Waals surface area contributed by atoms with E-state index in [1.807, 2.05) is 0 Å². The molecule has 3 heteroatoms. The highest BCUT2D eigenvalue weighted by Gasteiger charge is 2.24. The molecule has 2 saturated heterocycles. The maximum Gasteiger partial charge on any atom is 0.0449 e. The molecule has 3 rings (SSSR count). The van der Waals surface area contributed by atoms with E-state index in [2.05, 4.69) is 52.3 Å². The normalized spacial score (nSPS) is 29.6. The number of hydrogen-bond donors (Lipinski definition) is 1. The molecule has 0 aromatic heterocycles. The fourth-order valence-electron chi connectivity index (χ4n) is 2.96. The van der Waals surface area contributed by atoms with Crippen molar-refractivity contribution in [3.05, 3.63) is 35.9 Å². The number of hydrogen-bond acceptors (Lipinski definition) is 3. The number of thioether (sulfide) groups is 1. The number of benzene rings is 1. The SMILES string of the molecule is c1ccc(C2CN(CC3CCCS3)CCN2)cc1. The summed E-state index contributed by atoms with van der Waals surface area (Å²) >= 11 is 2.17. The summed E-state index contributed by atoms with van der Waals surface area (Å²) < 4.78 is 0. The molecule has 1 aromatic carbocycles. The predicted octanol–water partition coefficient (Wildman–Crippen LogP) is 2.53. The Morgan fingerprint density at radius 3 is 2.94 bits per heavy atom. The summed E-state index contributed by atoms with van der Waals surface area (Å²) in [6, 6.07) is 11.4. The van der Waals surface area contributed by atoms with Crippen molar-refractivity contribution in [3.8, 4) is 0 Å². The van der Waals surface area contributed by atoms with Crippen LogP contribution in [0.5, 0.6) is 0 Å². The number of nitrogens with zero attached hydrogens (tertiary/aromatic N) is 1. The zero-order valence-electron chi connectivity index (χ0n) is 10.8. The van der Waals surface area contributed by atoms with Crippen molar-refractivity contribution in [1.82, 2.24) is 10.2 Å². The van der Waals surface area contributed by atoms with Crippen LogP contribution >= 0.6 is 11.8 Å². The molecule has 1 aromatic rings. The summed E-state index contributed by atoms with van der Waals surface area (Å²) in [4.78, 5) is 2.65. The molecule has 18 heavy (non-hydrogen) atoms. The lowest BCUT2D eigenvalue weighted by Crippen LogP contribution is -2.47. The highest BCUT2D eigenvalue weighted by atomic mass is 32.2. The van der Waals surface area contributed by atoms with Crippen LogP contribution in [0.25, 0.3) is 0 Å². The van der Waals surface area contributed by atoms with Crippen LogP contribution in [0.3, 0.4) is 0 Å². The van der Waals surface area contributed by atoms with Gasteiger partial charge in [-0.1, -0.05) is 30.3 Å². The Bertz CT molecular complexity index is 362. The Kier molecular flexibility index (Phi) is 4.24. The van der Waals surface area contributed by atoms with Crippen molar-refractivity contribution in [2.75, 3.05) is 31.9 Å². The Labute approximate surface area is 114 Å². The first-order valence-corrected chi connectivity index (χ1v) is 8.09. The molecule has 0 bridgehead atoms. The van der Waals surface area contributed by atoms with Crippen molar-refractivity contribution >= 4 is 11.8 Å². The molecule has 2 fully saturated rings. The first-order valence-electron chi connectivity index (χ1n) is 7.04. The minimum atomic E-state index is 0.520. The highest BCUT2D eigenvalue weighted by molar-refractivity contribution is 8.00. The van der Waals surface area contributed by atoms with E-state index in [0.29, 0.717) is 6.04 Å². The van der Waals surface area contributed by atoms with Crippen molar-refractivity contribution in [2.45, 2.75) is 24.1 Å². The summed E-state index contributed by atoms with van der Waals surface area (Å²) in [5.74, 6) is 1.37. The zero-order valence-corrected chi connectivity index (χ0v) is 11.7. The highest BCUT2D eigenvalue weighted by Crippen LogP contribution is 2.27. The molecule has 0 amide bonds. The number of piperazine rings is 1. The van der Waals surface area contributed by atoms with Gasteiger partial charge in [-0.25, -0.2) is 0 Å². The van der Waals surface area contributed by atoms with Gasteiger partial charge in [0, 0.05) is 37.5 Å². The Morgan fingerprint density at radius 2 is 2.17 bits per heavy atom. The largest absolute Gasteiger partial charge is 0.308 e. The molecule has 0 radical (unpaired) electrons. The first-order chi connectivity index (χ1) is 8.92. The lowest BCUT2D eigenvalue weighted by atomic mass is 10.0. The van der Waals surface area contributed by atoms with Crippen LogP contribution in [-0.2, 0) is 0 Å². The second-order valence-electron chi connectivity index (χ2n) is 5.31. The zero-order chi connectivity index (χ0) is 12.2. The van der Waals surface area contributed by atoms with E-state index in [1.165, 1.54) is 43.8 Å². The first kappa shape index (κ1) is 12.5. The van der Waals surface area contributed by atoms with Crippen molar-refractivity contribution < 1.29 is 0 Å². The Balaban J connectivity index is 1.58. The van der Waals surface area contributed by atoms with Gasteiger partial charge in [0.25, 0.3) is 0 Å². The molecule has 2 nitrogen and oxygen atoms in total. The van der Waals surface area contributed by atoms with Gasteiger partial charge >= 0.3 is 0 Å².